The van der Waals surface area contributed by atoms with Crippen LogP contribution < -0.4 is 11.0 Å². The number of benzene rings is 2. The average molecular weight is 393 g/mol. The molecular weight excluding hydrogens is 364 g/mol. The Hall–Kier alpha value is -2.86. The maximum absolute atomic E-state index is 13.2. The van der Waals surface area contributed by atoms with Crippen molar-refractivity contribution in [3.63, 3.8) is 0 Å². The minimum Gasteiger partial charge on any atom is -0.335 e. The predicted octanol–water partition coefficient (Wildman–Crippen LogP) is 2.98. The number of nitrogens with zero attached hydrogens (tertiary/aromatic N) is 2. The van der Waals surface area contributed by atoms with E-state index in [1.807, 2.05) is 47.4 Å². The highest BCUT2D eigenvalue weighted by atomic mass is 16.2. The first-order valence-corrected chi connectivity index (χ1v) is 9.99. The molecule has 0 spiro atoms. The molecule has 152 valence electrons. The number of hydrogen-bond acceptors (Lipinski definition) is 3. The normalized spacial score (nSPS) is 18.1. The van der Waals surface area contributed by atoms with Gasteiger partial charge in [0.1, 0.15) is 0 Å². The Labute approximate surface area is 170 Å². The van der Waals surface area contributed by atoms with Crippen molar-refractivity contribution >= 4 is 16.9 Å². The van der Waals surface area contributed by atoms with Crippen LogP contribution in [0.15, 0.2) is 53.3 Å². The Bertz CT molecular complexity index is 1090. The molecule has 1 saturated heterocycles. The van der Waals surface area contributed by atoms with Crippen molar-refractivity contribution in [1.29, 1.82) is 0 Å². The molecule has 0 aliphatic carbocycles. The molecule has 2 aromatic carbocycles. The molecule has 0 unspecified atom stereocenters. The molecule has 6 nitrogen and oxygen atoms in total. The maximum atomic E-state index is 13.2. The largest absolute Gasteiger partial charge is 0.335 e. The summed E-state index contributed by atoms with van der Waals surface area (Å²) >= 11 is 0. The van der Waals surface area contributed by atoms with Crippen LogP contribution in [0.2, 0.25) is 0 Å². The zero-order valence-electron chi connectivity index (χ0n) is 17.5. The van der Waals surface area contributed by atoms with E-state index in [0.717, 1.165) is 11.1 Å². The van der Waals surface area contributed by atoms with Crippen molar-refractivity contribution in [2.45, 2.75) is 45.3 Å². The molecule has 1 fully saturated rings. The number of imidazole rings is 1. The summed E-state index contributed by atoms with van der Waals surface area (Å²) in [5.74, 6) is -0.00814. The molecule has 2 N–H and O–H groups in total. The molecule has 29 heavy (non-hydrogen) atoms. The summed E-state index contributed by atoms with van der Waals surface area (Å²) in [6.45, 7) is 10.2. The summed E-state index contributed by atoms with van der Waals surface area (Å²) < 4.78 is 1.70. The Morgan fingerprint density at radius 2 is 1.66 bits per heavy atom. The van der Waals surface area contributed by atoms with Gasteiger partial charge < -0.3 is 15.2 Å². The third-order valence-electron chi connectivity index (χ3n) is 5.34. The van der Waals surface area contributed by atoms with Gasteiger partial charge in [-0.3, -0.25) is 9.36 Å². The van der Waals surface area contributed by atoms with Crippen molar-refractivity contribution in [2.75, 3.05) is 13.1 Å². The molecule has 0 atom stereocenters. The number of H-pyrrole nitrogens is 1. The Morgan fingerprint density at radius 3 is 2.31 bits per heavy atom. The van der Waals surface area contributed by atoms with Crippen molar-refractivity contribution in [1.82, 2.24) is 19.8 Å². The van der Waals surface area contributed by atoms with Crippen LogP contribution in [0.1, 0.15) is 43.6 Å². The fourth-order valence-electron chi connectivity index (χ4n) is 4.55. The van der Waals surface area contributed by atoms with Gasteiger partial charge in [-0.1, -0.05) is 30.3 Å². The van der Waals surface area contributed by atoms with E-state index in [2.05, 4.69) is 38.0 Å². The Balaban J connectivity index is 1.64. The van der Waals surface area contributed by atoms with Crippen LogP contribution in [0, 0.1) is 0 Å². The number of rotatable bonds is 3. The molecule has 4 rings (SSSR count). The zero-order chi connectivity index (χ0) is 20.8. The summed E-state index contributed by atoms with van der Waals surface area (Å²) in [5, 5.41) is 3.59. The average Bonchev–Trinajstić information content (AvgIpc) is 2.94. The highest BCUT2D eigenvalue weighted by Gasteiger charge is 2.38. The van der Waals surface area contributed by atoms with Crippen LogP contribution in [0.25, 0.3) is 11.0 Å². The number of hydrogen-bond donors (Lipinski definition) is 2. The first-order chi connectivity index (χ1) is 13.6. The van der Waals surface area contributed by atoms with E-state index in [1.54, 1.807) is 10.6 Å². The second-order valence-electron chi connectivity index (χ2n) is 9.29. The fraction of sp³-hybridized carbons (Fsp3) is 0.391. The lowest BCUT2D eigenvalue weighted by Crippen LogP contribution is -2.67. The number of fused-ring (bicyclic) bond motifs is 1. The zero-order valence-corrected chi connectivity index (χ0v) is 17.5. The molecule has 1 amide bonds. The predicted molar refractivity (Wildman–Crippen MR) is 115 cm³/mol. The molecule has 0 saturated carbocycles. The highest BCUT2D eigenvalue weighted by molar-refractivity contribution is 5.97. The minimum atomic E-state index is -0.169. The molecule has 0 bridgehead atoms. The first kappa shape index (κ1) is 19.5. The maximum Gasteiger partial charge on any atom is 0.326 e. The van der Waals surface area contributed by atoms with E-state index in [1.165, 1.54) is 0 Å². The number of aromatic nitrogens is 2. The van der Waals surface area contributed by atoms with Crippen LogP contribution in [0.3, 0.4) is 0 Å². The van der Waals surface area contributed by atoms with Gasteiger partial charge in [0, 0.05) is 29.7 Å². The quantitative estimate of drug-likeness (QED) is 0.720. The van der Waals surface area contributed by atoms with Gasteiger partial charge in [-0.05, 0) is 51.5 Å². The van der Waals surface area contributed by atoms with Crippen molar-refractivity contribution in [2.24, 2.45) is 0 Å². The first-order valence-electron chi connectivity index (χ1n) is 9.99. The second-order valence-corrected chi connectivity index (χ2v) is 9.29. The van der Waals surface area contributed by atoms with E-state index >= 15 is 0 Å². The van der Waals surface area contributed by atoms with Gasteiger partial charge in [-0.2, -0.15) is 0 Å². The molecule has 6 heteroatoms. The summed E-state index contributed by atoms with van der Waals surface area (Å²) in [7, 11) is 0. The number of aromatic amines is 1. The van der Waals surface area contributed by atoms with Crippen LogP contribution in [-0.2, 0) is 6.54 Å². The summed E-state index contributed by atoms with van der Waals surface area (Å²) in [6, 6.07) is 15.4. The monoisotopic (exact) mass is 392 g/mol. The SMILES string of the molecule is CC1(C)CN(C(=O)c2ccc3c(c2)[nH]c(=O)n3Cc2ccccc2)CC(C)(C)N1. The summed E-state index contributed by atoms with van der Waals surface area (Å²) in [6.07, 6.45) is 0. The number of amides is 1. The van der Waals surface area contributed by atoms with E-state index in [-0.39, 0.29) is 22.7 Å². The number of carbonyl (C=O) groups is 1. The van der Waals surface area contributed by atoms with Crippen LogP contribution in [-0.4, -0.2) is 44.5 Å². The molecule has 1 aliphatic rings. The third kappa shape index (κ3) is 3.98. The van der Waals surface area contributed by atoms with Gasteiger partial charge in [0.25, 0.3) is 5.91 Å². The van der Waals surface area contributed by atoms with Crippen molar-refractivity contribution in [3.8, 4) is 0 Å². The van der Waals surface area contributed by atoms with Gasteiger partial charge >= 0.3 is 5.69 Å². The van der Waals surface area contributed by atoms with E-state index in [4.69, 9.17) is 0 Å². The number of carbonyl (C=O) groups excluding carboxylic acids is 1. The lowest BCUT2D eigenvalue weighted by molar-refractivity contribution is 0.0472. The minimum absolute atomic E-state index is 0.00814. The molecule has 0 radical (unpaired) electrons. The summed E-state index contributed by atoms with van der Waals surface area (Å²) in [4.78, 5) is 30.5. The smallest absolute Gasteiger partial charge is 0.326 e. The molecule has 1 aromatic heterocycles. The highest BCUT2D eigenvalue weighted by Crippen LogP contribution is 2.23. The van der Waals surface area contributed by atoms with Crippen LogP contribution >= 0.6 is 0 Å². The van der Waals surface area contributed by atoms with E-state index in [9.17, 15) is 9.59 Å². The lowest BCUT2D eigenvalue weighted by Gasteiger charge is -2.48. The van der Waals surface area contributed by atoms with Crippen LogP contribution in [0.5, 0.6) is 0 Å². The molecule has 2 heterocycles. The third-order valence-corrected chi connectivity index (χ3v) is 5.34. The van der Waals surface area contributed by atoms with Crippen molar-refractivity contribution < 1.29 is 4.79 Å². The van der Waals surface area contributed by atoms with Gasteiger partial charge in [-0.25, -0.2) is 4.79 Å². The topological polar surface area (TPSA) is 70.1 Å². The number of nitrogens with one attached hydrogen (secondary N) is 2. The van der Waals surface area contributed by atoms with Gasteiger partial charge in [0.2, 0.25) is 0 Å². The van der Waals surface area contributed by atoms with Gasteiger partial charge in [0.15, 0.2) is 0 Å². The molecular formula is C23H28N4O2. The standard InChI is InChI=1S/C23H28N4O2/c1-22(2)14-26(15-23(3,4)25-22)20(28)17-10-11-19-18(12-17)24-21(29)27(19)13-16-8-6-5-7-9-16/h5-12,25H,13-15H2,1-4H3,(H,24,29). The molecule has 3 aromatic rings. The van der Waals surface area contributed by atoms with Gasteiger partial charge in [-0.15, -0.1) is 0 Å². The second kappa shape index (κ2) is 6.88. The fourth-order valence-corrected chi connectivity index (χ4v) is 4.55. The van der Waals surface area contributed by atoms with Crippen molar-refractivity contribution in [3.05, 3.63) is 70.1 Å². The molecule has 1 aliphatic heterocycles. The number of piperazine rings is 1. The summed E-state index contributed by atoms with van der Waals surface area (Å²) in [5.41, 5.74) is 2.66. The van der Waals surface area contributed by atoms with E-state index < -0.39 is 0 Å². The van der Waals surface area contributed by atoms with Gasteiger partial charge in [0.05, 0.1) is 17.6 Å². The Morgan fingerprint density at radius 1 is 1.00 bits per heavy atom. The lowest BCUT2D eigenvalue weighted by atomic mass is 9.91. The van der Waals surface area contributed by atoms with Crippen LogP contribution in [0.4, 0.5) is 0 Å². The Kier molecular flexibility index (Phi) is 4.62. The van der Waals surface area contributed by atoms with E-state index in [0.29, 0.717) is 30.7 Å².